The van der Waals surface area contributed by atoms with Gasteiger partial charge in [0.05, 0.1) is 11.5 Å². The molecule has 1 atom stereocenters. The molecule has 0 saturated heterocycles. The zero-order valence-corrected chi connectivity index (χ0v) is 17.5. The lowest BCUT2D eigenvalue weighted by Crippen LogP contribution is -2.59. The first-order valence-corrected chi connectivity index (χ1v) is 9.87. The van der Waals surface area contributed by atoms with E-state index in [9.17, 15) is 15.2 Å². The zero-order chi connectivity index (χ0) is 21.8. The summed E-state index contributed by atoms with van der Waals surface area (Å²) in [5, 5.41) is 22.8. The van der Waals surface area contributed by atoms with E-state index in [2.05, 4.69) is 6.07 Å². The Labute approximate surface area is 181 Å². The monoisotopic (exact) mass is 418 g/mol. The first-order valence-electron chi connectivity index (χ1n) is 9.50. The van der Waals surface area contributed by atoms with Crippen molar-refractivity contribution >= 4 is 17.6 Å². The molecular formula is C25H21ClNO3-. The number of ether oxygens (including phenoxy) is 1. The van der Waals surface area contributed by atoms with E-state index in [0.29, 0.717) is 17.0 Å². The maximum absolute atomic E-state index is 12.8. The summed E-state index contributed by atoms with van der Waals surface area (Å²) >= 11 is 6.05. The Kier molecular flexibility index (Phi) is 6.14. The lowest BCUT2D eigenvalue weighted by molar-refractivity contribution is -0.331. The number of halogens is 1. The van der Waals surface area contributed by atoms with E-state index in [1.54, 1.807) is 48.5 Å². The van der Waals surface area contributed by atoms with E-state index >= 15 is 0 Å². The van der Waals surface area contributed by atoms with Crippen LogP contribution in [0.3, 0.4) is 0 Å². The fraction of sp³-hybridized carbons (Fsp3) is 0.200. The second kappa shape index (κ2) is 8.61. The fourth-order valence-electron chi connectivity index (χ4n) is 3.75. The van der Waals surface area contributed by atoms with E-state index in [1.807, 2.05) is 44.2 Å². The van der Waals surface area contributed by atoms with Gasteiger partial charge in [-0.1, -0.05) is 80.0 Å². The van der Waals surface area contributed by atoms with Crippen LogP contribution < -0.4 is 9.84 Å². The largest absolute Gasteiger partial charge is 0.545 e. The third kappa shape index (κ3) is 4.03. The van der Waals surface area contributed by atoms with Gasteiger partial charge in [0.2, 0.25) is 0 Å². The van der Waals surface area contributed by atoms with E-state index < -0.39 is 17.0 Å². The van der Waals surface area contributed by atoms with Crippen molar-refractivity contribution in [2.75, 3.05) is 0 Å². The number of carbonyl (C=O) groups is 1. The van der Waals surface area contributed by atoms with Gasteiger partial charge >= 0.3 is 0 Å². The van der Waals surface area contributed by atoms with Crippen molar-refractivity contribution in [1.82, 2.24) is 0 Å². The smallest absolute Gasteiger partial charge is 0.178 e. The maximum atomic E-state index is 12.8. The van der Waals surface area contributed by atoms with Crippen LogP contribution in [0.1, 0.15) is 30.5 Å². The predicted molar refractivity (Wildman–Crippen MR) is 114 cm³/mol. The van der Waals surface area contributed by atoms with Gasteiger partial charge < -0.3 is 14.6 Å². The number of para-hydroxylation sites is 1. The van der Waals surface area contributed by atoms with E-state index in [1.165, 1.54) is 0 Å². The van der Waals surface area contributed by atoms with Crippen molar-refractivity contribution in [2.45, 2.75) is 25.9 Å². The summed E-state index contributed by atoms with van der Waals surface area (Å²) in [6.07, 6.45) is 0.402. The summed E-state index contributed by atoms with van der Waals surface area (Å²) in [5.41, 5.74) is -1.24. The maximum Gasteiger partial charge on any atom is 0.178 e. The van der Waals surface area contributed by atoms with Gasteiger partial charge in [0.1, 0.15) is 11.8 Å². The molecule has 0 aromatic heterocycles. The van der Waals surface area contributed by atoms with Gasteiger partial charge in [0, 0.05) is 16.0 Å². The zero-order valence-electron chi connectivity index (χ0n) is 16.8. The van der Waals surface area contributed by atoms with Gasteiger partial charge in [0.25, 0.3) is 0 Å². The molecule has 30 heavy (non-hydrogen) atoms. The minimum absolute atomic E-state index is 0.181. The van der Waals surface area contributed by atoms with Crippen LogP contribution >= 0.6 is 11.6 Å². The van der Waals surface area contributed by atoms with E-state index in [-0.39, 0.29) is 11.3 Å². The number of hydrogen-bond donors (Lipinski definition) is 0. The van der Waals surface area contributed by atoms with Gasteiger partial charge in [-0.25, -0.2) is 0 Å². The number of hydrogen-bond acceptors (Lipinski definition) is 4. The number of carboxylic acid groups (broad SMARTS) is 1. The lowest BCUT2D eigenvalue weighted by atomic mass is 9.67. The number of carboxylic acids is 1. The molecule has 0 fully saturated rings. The molecule has 5 heteroatoms. The Hall–Kier alpha value is -3.29. The second-order valence-electron chi connectivity index (χ2n) is 7.73. The molecule has 0 heterocycles. The van der Waals surface area contributed by atoms with Crippen LogP contribution in [0.4, 0.5) is 0 Å². The molecule has 0 spiro atoms. The lowest BCUT2D eigenvalue weighted by Gasteiger charge is -2.48. The minimum Gasteiger partial charge on any atom is -0.545 e. The van der Waals surface area contributed by atoms with Gasteiger partial charge in [-0.3, -0.25) is 0 Å². The van der Waals surface area contributed by atoms with Gasteiger partial charge in [-0.15, -0.1) is 0 Å². The molecule has 0 aliphatic rings. The Morgan fingerprint density at radius 1 is 1.00 bits per heavy atom. The molecule has 152 valence electrons. The molecule has 3 aromatic rings. The second-order valence-corrected chi connectivity index (χ2v) is 8.17. The van der Waals surface area contributed by atoms with Crippen molar-refractivity contribution in [1.29, 1.82) is 5.26 Å². The Morgan fingerprint density at radius 2 is 1.60 bits per heavy atom. The molecule has 3 aromatic carbocycles. The predicted octanol–water partition coefficient (Wildman–Crippen LogP) is 4.50. The third-order valence-electron chi connectivity index (χ3n) is 5.25. The standard InChI is InChI=1S/C25H22ClNO3/c1-24(2,16-18-8-4-3-5-9-18)25(23(28)29,20-12-14-21(26)15-13-20)30-22-11-7-6-10-19(22)17-27/h3-15H,16H2,1-2H3,(H,28,29)/p-1. The molecule has 0 saturated carbocycles. The average Bonchev–Trinajstić information content (AvgIpc) is 2.73. The fourth-order valence-corrected chi connectivity index (χ4v) is 3.88. The molecule has 0 N–H and O–H groups in total. The topological polar surface area (TPSA) is 73.1 Å². The first kappa shape index (κ1) is 21.4. The Bertz CT molecular complexity index is 1070. The third-order valence-corrected chi connectivity index (χ3v) is 5.50. The number of carbonyl (C=O) groups excluding carboxylic acids is 1. The van der Waals surface area contributed by atoms with Gasteiger partial charge in [-0.2, -0.15) is 5.26 Å². The molecule has 0 bridgehead atoms. The van der Waals surface area contributed by atoms with Crippen molar-refractivity contribution < 1.29 is 14.6 Å². The van der Waals surface area contributed by atoms with Crippen molar-refractivity contribution in [3.05, 3.63) is 101 Å². The van der Waals surface area contributed by atoms with Crippen LogP contribution in [0, 0.1) is 16.7 Å². The SMILES string of the molecule is CC(C)(Cc1ccccc1)C(Oc1ccccc1C#N)(C(=O)[O-])c1ccc(Cl)cc1. The van der Waals surface area contributed by atoms with Crippen LogP contribution in [0.5, 0.6) is 5.75 Å². The van der Waals surface area contributed by atoms with Crippen LogP contribution in [-0.2, 0) is 16.8 Å². The van der Waals surface area contributed by atoms with Crippen LogP contribution in [0.15, 0.2) is 78.9 Å². The molecule has 3 rings (SSSR count). The summed E-state index contributed by atoms with van der Waals surface area (Å²) in [5.74, 6) is -1.21. The Balaban J connectivity index is 2.21. The first-order chi connectivity index (χ1) is 14.3. The number of nitriles is 1. The molecule has 0 aliphatic carbocycles. The molecule has 0 amide bonds. The summed E-state index contributed by atoms with van der Waals surface area (Å²) in [7, 11) is 0. The molecule has 4 nitrogen and oxygen atoms in total. The summed E-state index contributed by atoms with van der Waals surface area (Å²) < 4.78 is 6.22. The highest BCUT2D eigenvalue weighted by molar-refractivity contribution is 6.30. The van der Waals surface area contributed by atoms with Crippen LogP contribution in [0.2, 0.25) is 5.02 Å². The summed E-state index contributed by atoms with van der Waals surface area (Å²) in [6.45, 7) is 3.64. The van der Waals surface area contributed by atoms with Crippen molar-refractivity contribution in [2.24, 2.45) is 5.41 Å². The molecule has 1 unspecified atom stereocenters. The number of aliphatic carboxylic acids is 1. The number of benzene rings is 3. The van der Waals surface area contributed by atoms with Gasteiger partial charge in [0.15, 0.2) is 5.60 Å². The van der Waals surface area contributed by atoms with Crippen LogP contribution in [0.25, 0.3) is 0 Å². The molecule has 0 radical (unpaired) electrons. The number of nitrogens with zero attached hydrogens (tertiary/aromatic N) is 1. The van der Waals surface area contributed by atoms with E-state index in [0.717, 1.165) is 5.56 Å². The molecule has 0 aliphatic heterocycles. The average molecular weight is 419 g/mol. The highest BCUT2D eigenvalue weighted by Gasteiger charge is 2.50. The van der Waals surface area contributed by atoms with Crippen LogP contribution in [-0.4, -0.2) is 5.97 Å². The summed E-state index contributed by atoms with van der Waals surface area (Å²) in [6, 6.07) is 24.7. The van der Waals surface area contributed by atoms with Gasteiger partial charge in [-0.05, 0) is 36.2 Å². The molecular weight excluding hydrogens is 398 g/mol. The number of rotatable bonds is 7. The van der Waals surface area contributed by atoms with E-state index in [4.69, 9.17) is 16.3 Å². The normalized spacial score (nSPS) is 13.1. The van der Waals surface area contributed by atoms with Crippen molar-refractivity contribution in [3.63, 3.8) is 0 Å². The minimum atomic E-state index is -1.87. The highest BCUT2D eigenvalue weighted by Crippen LogP contribution is 2.46. The van der Waals surface area contributed by atoms with Crippen molar-refractivity contribution in [3.8, 4) is 11.8 Å². The highest BCUT2D eigenvalue weighted by atomic mass is 35.5. The quantitative estimate of drug-likeness (QED) is 0.566. The summed E-state index contributed by atoms with van der Waals surface area (Å²) in [4.78, 5) is 12.8. The Morgan fingerprint density at radius 3 is 2.20 bits per heavy atom.